The second-order valence-corrected chi connectivity index (χ2v) is 16.7. The fourth-order valence-corrected chi connectivity index (χ4v) is 8.52. The smallest absolute Gasteiger partial charge is 0.296 e. The molecular weight excluding hydrogens is 775 g/mol. The molecule has 0 spiro atoms. The van der Waals surface area contributed by atoms with Gasteiger partial charge in [-0.15, -0.1) is 0 Å². The van der Waals surface area contributed by atoms with Crippen molar-refractivity contribution in [1.29, 1.82) is 0 Å². The first-order valence-electron chi connectivity index (χ1n) is 16.0. The van der Waals surface area contributed by atoms with Crippen molar-refractivity contribution in [2.24, 2.45) is 0 Å². The molecule has 0 atom stereocenters. The van der Waals surface area contributed by atoms with E-state index in [4.69, 9.17) is 0 Å². The minimum Gasteiger partial charge on any atom is -0.506 e. The molecule has 1 aliphatic carbocycles. The number of aliphatic hydroxyl groups is 1. The highest BCUT2D eigenvalue weighted by molar-refractivity contribution is 7.87. The van der Waals surface area contributed by atoms with E-state index in [1.165, 1.54) is 36.4 Å². The van der Waals surface area contributed by atoms with E-state index >= 15 is 0 Å². The van der Waals surface area contributed by atoms with Crippen LogP contribution in [0.2, 0.25) is 0 Å². The standard InChI is InChI=1S/C37H27N3O12S3/c1-19-11-13-20(14-12-19)18-38-24-15-25(28(54(47,48)49)17-27(24)53(44,45)46)39-26-16-29(55(50,51)52)34-32-30(22-9-5-6-10-23(22)36(42)31(26)32)33(37(43)40-34)35(41)21-7-3-2-4-8-21/h2-17,38-39,41H,18H2,1H3,(H,44,45,46)(H,47,48,49)(H,50,51,52). The molecule has 7 rings (SSSR count). The molecule has 0 bridgehead atoms. The molecular formula is C37H27N3O12S3. The number of nitrogens with zero attached hydrogens (tertiary/aromatic N) is 1. The van der Waals surface area contributed by atoms with E-state index in [0.29, 0.717) is 11.6 Å². The van der Waals surface area contributed by atoms with Gasteiger partial charge in [-0.2, -0.15) is 25.3 Å². The molecule has 0 unspecified atom stereocenters. The summed E-state index contributed by atoms with van der Waals surface area (Å²) in [5.74, 6) is -0.573. The zero-order chi connectivity index (χ0) is 39.6. The number of aliphatic hydroxyl groups excluding tert-OH is 1. The third-order valence-electron chi connectivity index (χ3n) is 8.93. The quantitative estimate of drug-likeness (QED) is 0.112. The van der Waals surface area contributed by atoms with E-state index < -0.39 is 83.9 Å². The Balaban J connectivity index is 1.63. The second-order valence-electron chi connectivity index (χ2n) is 12.5. The van der Waals surface area contributed by atoms with Gasteiger partial charge in [0.2, 0.25) is 0 Å². The molecule has 0 fully saturated rings. The maximum atomic E-state index is 14.4. The summed E-state index contributed by atoms with van der Waals surface area (Å²) in [4.78, 5) is 29.0. The lowest BCUT2D eigenvalue weighted by molar-refractivity contribution is 0.479. The second kappa shape index (κ2) is 13.4. The Labute approximate surface area is 311 Å². The van der Waals surface area contributed by atoms with Gasteiger partial charge in [0.25, 0.3) is 35.9 Å². The molecule has 0 amide bonds. The van der Waals surface area contributed by atoms with Crippen molar-refractivity contribution in [2.45, 2.75) is 28.2 Å². The van der Waals surface area contributed by atoms with Gasteiger partial charge in [0.05, 0.1) is 33.2 Å². The maximum absolute atomic E-state index is 14.4. The number of anilines is 3. The first-order chi connectivity index (χ1) is 25.8. The molecule has 5 aromatic rings. The Kier molecular flexibility index (Phi) is 9.07. The Hall–Kier alpha value is -6.02. The molecule has 5 aromatic carbocycles. The largest absolute Gasteiger partial charge is 0.506 e. The van der Waals surface area contributed by atoms with Gasteiger partial charge in [-0.05, 0) is 36.1 Å². The van der Waals surface area contributed by atoms with Crippen molar-refractivity contribution in [3.05, 3.63) is 150 Å². The number of hydrogen-bond acceptors (Lipinski definition) is 12. The number of fused-ring (bicyclic) bond motifs is 2. The first kappa shape index (κ1) is 37.3. The summed E-state index contributed by atoms with van der Waals surface area (Å²) in [6.45, 7) is 1.80. The Morgan fingerprint density at radius 2 is 1.24 bits per heavy atom. The lowest BCUT2D eigenvalue weighted by atomic mass is 9.96. The predicted octanol–water partition coefficient (Wildman–Crippen LogP) is 4.11. The summed E-state index contributed by atoms with van der Waals surface area (Å²) in [5.41, 5.74) is -2.29. The minimum atomic E-state index is -5.34. The molecule has 0 aromatic heterocycles. The minimum absolute atomic E-state index is 0.0242. The number of aromatic nitrogens is 1. The van der Waals surface area contributed by atoms with Crippen molar-refractivity contribution in [2.75, 3.05) is 10.6 Å². The van der Waals surface area contributed by atoms with Crippen LogP contribution in [0.5, 0.6) is 0 Å². The van der Waals surface area contributed by atoms with Crippen molar-refractivity contribution in [1.82, 2.24) is 4.98 Å². The topological polar surface area (TPSA) is 254 Å². The monoisotopic (exact) mass is 801 g/mol. The zero-order valence-electron chi connectivity index (χ0n) is 28.2. The summed E-state index contributed by atoms with van der Waals surface area (Å²) in [6, 6.07) is 22.8. The van der Waals surface area contributed by atoms with Crippen LogP contribution in [0.15, 0.2) is 121 Å². The maximum Gasteiger partial charge on any atom is 0.296 e. The molecule has 0 radical (unpaired) electrons. The van der Waals surface area contributed by atoms with Crippen LogP contribution in [0, 0.1) is 17.4 Å². The zero-order valence-corrected chi connectivity index (χ0v) is 30.6. The summed E-state index contributed by atoms with van der Waals surface area (Å²) < 4.78 is 107. The molecule has 55 heavy (non-hydrogen) atoms. The van der Waals surface area contributed by atoms with E-state index in [9.17, 15) is 53.6 Å². The van der Waals surface area contributed by atoms with Crippen molar-refractivity contribution < 1.29 is 44.0 Å². The molecule has 0 saturated carbocycles. The van der Waals surface area contributed by atoms with E-state index in [0.717, 1.165) is 17.7 Å². The summed E-state index contributed by atoms with van der Waals surface area (Å²) in [7, 11) is -15.8. The van der Waals surface area contributed by atoms with Crippen LogP contribution in [0.1, 0.15) is 16.7 Å². The Bertz CT molecular complexity index is 3310. The van der Waals surface area contributed by atoms with Crippen LogP contribution in [-0.4, -0.2) is 49.0 Å². The number of aryl methyl sites for hydroxylation is 1. The molecule has 2 aliphatic rings. The molecule has 18 heteroatoms. The van der Waals surface area contributed by atoms with E-state index in [1.54, 1.807) is 42.5 Å². The molecule has 1 heterocycles. The van der Waals surface area contributed by atoms with Crippen molar-refractivity contribution in [3.8, 4) is 0 Å². The predicted molar refractivity (Wildman–Crippen MR) is 203 cm³/mol. The highest BCUT2D eigenvalue weighted by atomic mass is 32.2. The number of rotatable bonds is 9. The van der Waals surface area contributed by atoms with Crippen molar-refractivity contribution >= 4 is 74.9 Å². The van der Waals surface area contributed by atoms with E-state index in [2.05, 4.69) is 15.6 Å². The summed E-state index contributed by atoms with van der Waals surface area (Å²) in [5, 5.41) is 15.8. The number of nitrogens with one attached hydrogen (secondary N) is 2. The SMILES string of the molecule is Cc1ccc(CNc2cc(Nc3cc(S(=O)(=O)O)c4nc(=O)c(=C(O)c5ccccc5)c5c6ccccc6c(=O)c3c4=5)c(S(=O)(=O)O)cc2S(=O)(=O)O)cc1. The lowest BCUT2D eigenvalue weighted by Crippen LogP contribution is -2.33. The van der Waals surface area contributed by atoms with Gasteiger partial charge in [0, 0.05) is 27.9 Å². The number of hydrogen-bond donors (Lipinski definition) is 6. The molecule has 6 N–H and O–H groups in total. The van der Waals surface area contributed by atoms with Gasteiger partial charge in [-0.25, -0.2) is 4.98 Å². The van der Waals surface area contributed by atoms with Gasteiger partial charge >= 0.3 is 0 Å². The Morgan fingerprint density at radius 3 is 1.85 bits per heavy atom. The first-order valence-corrected chi connectivity index (χ1v) is 20.3. The third-order valence-corrected chi connectivity index (χ3v) is 11.6. The molecule has 0 saturated heterocycles. The normalized spacial score (nSPS) is 13.0. The molecule has 280 valence electrons. The molecule has 15 nitrogen and oxygen atoms in total. The van der Waals surface area contributed by atoms with Crippen LogP contribution in [0.4, 0.5) is 17.1 Å². The van der Waals surface area contributed by atoms with Gasteiger partial charge in [0.1, 0.15) is 20.4 Å². The lowest BCUT2D eigenvalue weighted by Gasteiger charge is -2.18. The van der Waals surface area contributed by atoms with Crippen molar-refractivity contribution in [3.63, 3.8) is 0 Å². The molecule has 1 aliphatic heterocycles. The Morgan fingerprint density at radius 1 is 0.655 bits per heavy atom. The fourth-order valence-electron chi connectivity index (χ4n) is 6.46. The van der Waals surface area contributed by atoms with E-state index in [1.807, 2.05) is 6.92 Å². The van der Waals surface area contributed by atoms with Crippen LogP contribution in [0.3, 0.4) is 0 Å². The highest BCUT2D eigenvalue weighted by Crippen LogP contribution is 2.37. The van der Waals surface area contributed by atoms with Gasteiger partial charge in [-0.3, -0.25) is 23.2 Å². The third kappa shape index (κ3) is 6.82. The van der Waals surface area contributed by atoms with Gasteiger partial charge < -0.3 is 15.7 Å². The summed E-state index contributed by atoms with van der Waals surface area (Å²) in [6.07, 6.45) is 0. The van der Waals surface area contributed by atoms with Gasteiger partial charge in [0.15, 0.2) is 5.43 Å². The average molecular weight is 802 g/mol. The summed E-state index contributed by atoms with van der Waals surface area (Å²) >= 11 is 0. The van der Waals surface area contributed by atoms with Crippen LogP contribution < -0.4 is 26.8 Å². The van der Waals surface area contributed by atoms with Crippen LogP contribution in [0.25, 0.3) is 27.4 Å². The highest BCUT2D eigenvalue weighted by Gasteiger charge is 2.28. The van der Waals surface area contributed by atoms with Gasteiger partial charge in [-0.1, -0.05) is 84.4 Å². The van der Waals surface area contributed by atoms with Crippen LogP contribution >= 0.6 is 0 Å². The average Bonchev–Trinajstić information content (AvgIpc) is 3.12. The fraction of sp³-hybridized carbons (Fsp3) is 0.0541. The number of benzene rings is 5. The van der Waals surface area contributed by atoms with E-state index in [-0.39, 0.29) is 44.4 Å². The van der Waals surface area contributed by atoms with Crippen LogP contribution in [-0.2, 0) is 36.9 Å².